The van der Waals surface area contributed by atoms with Crippen molar-refractivity contribution >= 4 is 21.7 Å². The maximum Gasteiger partial charge on any atom is 0.137 e. The first-order valence-electron chi connectivity index (χ1n) is 6.63. The third kappa shape index (κ3) is 3.14. The predicted octanol–water partition coefficient (Wildman–Crippen LogP) is 2.77. The van der Waals surface area contributed by atoms with Gasteiger partial charge in [-0.3, -0.25) is 4.98 Å². The van der Waals surface area contributed by atoms with Gasteiger partial charge in [-0.25, -0.2) is 4.98 Å². The fraction of sp³-hybridized carbons (Fsp3) is 0.267. The van der Waals surface area contributed by atoms with Crippen LogP contribution in [0.2, 0.25) is 0 Å². The van der Waals surface area contributed by atoms with E-state index in [2.05, 4.69) is 36.9 Å². The minimum Gasteiger partial charge on any atom is -0.487 e. The molecule has 3 heterocycles. The Morgan fingerprint density at radius 1 is 1.38 bits per heavy atom. The zero-order valence-electron chi connectivity index (χ0n) is 11.2. The molecule has 2 aromatic rings. The van der Waals surface area contributed by atoms with Gasteiger partial charge in [0.15, 0.2) is 0 Å². The molecular weight excluding hydrogens is 332 g/mol. The Kier molecular flexibility index (Phi) is 4.02. The lowest BCUT2D eigenvalue weighted by molar-refractivity contribution is 0.223. The number of hydrogen-bond acceptors (Lipinski definition) is 5. The molecule has 21 heavy (non-hydrogen) atoms. The van der Waals surface area contributed by atoms with E-state index in [1.165, 1.54) is 0 Å². The summed E-state index contributed by atoms with van der Waals surface area (Å²) < 4.78 is 6.85. The lowest BCUT2D eigenvalue weighted by atomic mass is 10.3. The number of ether oxygens (including phenoxy) is 1. The van der Waals surface area contributed by atoms with E-state index in [0.717, 1.165) is 35.6 Å². The summed E-state index contributed by atoms with van der Waals surface area (Å²) >= 11 is 3.43. The molecule has 5 nitrogen and oxygen atoms in total. The van der Waals surface area contributed by atoms with Crippen LogP contribution < -0.4 is 9.64 Å². The van der Waals surface area contributed by atoms with Crippen molar-refractivity contribution < 1.29 is 4.74 Å². The molecule has 3 rings (SSSR count). The molecule has 0 aliphatic carbocycles. The van der Waals surface area contributed by atoms with Crippen LogP contribution in [0.4, 0.5) is 5.82 Å². The Bertz CT molecular complexity index is 685. The molecule has 1 aliphatic rings. The maximum absolute atomic E-state index is 8.95. The van der Waals surface area contributed by atoms with Gasteiger partial charge in [-0.2, -0.15) is 5.26 Å². The van der Waals surface area contributed by atoms with Crippen molar-refractivity contribution in [1.29, 1.82) is 5.26 Å². The van der Waals surface area contributed by atoms with Crippen LogP contribution in [-0.4, -0.2) is 29.2 Å². The molecule has 1 atom stereocenters. The van der Waals surface area contributed by atoms with Gasteiger partial charge in [0.05, 0.1) is 22.7 Å². The molecule has 0 aromatic carbocycles. The van der Waals surface area contributed by atoms with E-state index >= 15 is 0 Å². The highest BCUT2D eigenvalue weighted by atomic mass is 79.9. The average Bonchev–Trinajstić information content (AvgIpc) is 2.98. The zero-order valence-corrected chi connectivity index (χ0v) is 12.8. The third-order valence-electron chi connectivity index (χ3n) is 3.37. The molecule has 2 aromatic heterocycles. The summed E-state index contributed by atoms with van der Waals surface area (Å²) in [5.74, 6) is 1.63. The van der Waals surface area contributed by atoms with E-state index in [-0.39, 0.29) is 6.10 Å². The summed E-state index contributed by atoms with van der Waals surface area (Å²) in [6.45, 7) is 1.63. The van der Waals surface area contributed by atoms with Crippen LogP contribution in [0, 0.1) is 11.3 Å². The highest BCUT2D eigenvalue weighted by molar-refractivity contribution is 9.10. The summed E-state index contributed by atoms with van der Waals surface area (Å²) in [4.78, 5) is 10.5. The second kappa shape index (κ2) is 6.10. The largest absolute Gasteiger partial charge is 0.487 e. The van der Waals surface area contributed by atoms with E-state index in [9.17, 15) is 0 Å². The number of anilines is 1. The van der Waals surface area contributed by atoms with Crippen LogP contribution in [0.1, 0.15) is 12.0 Å². The van der Waals surface area contributed by atoms with Gasteiger partial charge < -0.3 is 9.64 Å². The first kappa shape index (κ1) is 13.8. The molecule has 106 valence electrons. The summed E-state index contributed by atoms with van der Waals surface area (Å²) in [5, 5.41) is 8.95. The number of halogens is 1. The fourth-order valence-corrected chi connectivity index (χ4v) is 2.67. The lowest BCUT2D eigenvalue weighted by Crippen LogP contribution is -2.25. The lowest BCUT2D eigenvalue weighted by Gasteiger charge is -2.18. The van der Waals surface area contributed by atoms with Crippen molar-refractivity contribution in [2.24, 2.45) is 0 Å². The number of pyridine rings is 2. The molecule has 6 heteroatoms. The Morgan fingerprint density at radius 3 is 3.10 bits per heavy atom. The van der Waals surface area contributed by atoms with Crippen LogP contribution in [0.25, 0.3) is 0 Å². The van der Waals surface area contributed by atoms with Gasteiger partial charge in [-0.1, -0.05) is 0 Å². The molecule has 1 aliphatic heterocycles. The minimum atomic E-state index is 0.108. The Labute approximate surface area is 131 Å². The van der Waals surface area contributed by atoms with E-state index in [0.29, 0.717) is 5.56 Å². The number of nitriles is 1. The van der Waals surface area contributed by atoms with E-state index < -0.39 is 0 Å². The average molecular weight is 345 g/mol. The molecular formula is C15H13BrN4O. The summed E-state index contributed by atoms with van der Waals surface area (Å²) in [5.41, 5.74) is 0.626. The van der Waals surface area contributed by atoms with Crippen molar-refractivity contribution in [3.8, 4) is 11.8 Å². The van der Waals surface area contributed by atoms with Gasteiger partial charge in [0.25, 0.3) is 0 Å². The molecule has 1 unspecified atom stereocenters. The summed E-state index contributed by atoms with van der Waals surface area (Å²) in [6.07, 6.45) is 6.13. The van der Waals surface area contributed by atoms with E-state index in [4.69, 9.17) is 10.00 Å². The quantitative estimate of drug-likeness (QED) is 0.856. The van der Waals surface area contributed by atoms with Gasteiger partial charge in [0.2, 0.25) is 0 Å². The second-order valence-electron chi connectivity index (χ2n) is 4.80. The van der Waals surface area contributed by atoms with Gasteiger partial charge in [-0.15, -0.1) is 0 Å². The Morgan fingerprint density at radius 2 is 2.29 bits per heavy atom. The minimum absolute atomic E-state index is 0.108. The van der Waals surface area contributed by atoms with E-state index in [1.807, 2.05) is 12.1 Å². The Hall–Kier alpha value is -2.13. The molecule has 0 amide bonds. The Balaban J connectivity index is 1.68. The highest BCUT2D eigenvalue weighted by Gasteiger charge is 2.25. The monoisotopic (exact) mass is 344 g/mol. The van der Waals surface area contributed by atoms with Crippen LogP contribution in [0.3, 0.4) is 0 Å². The SMILES string of the molecule is N#Cc1ccnc(N2CCC(Oc3ccncc3Br)C2)c1. The van der Waals surface area contributed by atoms with Crippen LogP contribution in [0.5, 0.6) is 5.75 Å². The van der Waals surface area contributed by atoms with Gasteiger partial charge in [0, 0.05) is 31.6 Å². The number of rotatable bonds is 3. The molecule has 0 bridgehead atoms. The molecule has 0 radical (unpaired) electrons. The van der Waals surface area contributed by atoms with E-state index in [1.54, 1.807) is 24.7 Å². The van der Waals surface area contributed by atoms with Gasteiger partial charge in [-0.05, 0) is 34.1 Å². The molecule has 0 saturated carbocycles. The van der Waals surface area contributed by atoms with Crippen LogP contribution >= 0.6 is 15.9 Å². The number of hydrogen-bond donors (Lipinski definition) is 0. The highest BCUT2D eigenvalue weighted by Crippen LogP contribution is 2.27. The van der Waals surface area contributed by atoms with Crippen molar-refractivity contribution in [1.82, 2.24) is 9.97 Å². The smallest absolute Gasteiger partial charge is 0.137 e. The number of nitrogens with zero attached hydrogens (tertiary/aromatic N) is 4. The number of aromatic nitrogens is 2. The molecule has 0 spiro atoms. The van der Waals surface area contributed by atoms with Crippen molar-refractivity contribution in [2.75, 3.05) is 18.0 Å². The first-order chi connectivity index (χ1) is 10.3. The molecule has 1 saturated heterocycles. The van der Waals surface area contributed by atoms with Gasteiger partial charge >= 0.3 is 0 Å². The van der Waals surface area contributed by atoms with Gasteiger partial charge in [0.1, 0.15) is 17.7 Å². The summed E-state index contributed by atoms with van der Waals surface area (Å²) in [7, 11) is 0. The topological polar surface area (TPSA) is 62.0 Å². The normalized spacial score (nSPS) is 17.5. The van der Waals surface area contributed by atoms with Crippen molar-refractivity contribution in [3.63, 3.8) is 0 Å². The molecule has 1 fully saturated rings. The van der Waals surface area contributed by atoms with Crippen molar-refractivity contribution in [3.05, 3.63) is 46.8 Å². The standard InChI is InChI=1S/C15H13BrN4O/c16-13-9-18-4-2-14(13)21-12-3-6-20(10-12)15-7-11(8-17)1-5-19-15/h1-2,4-5,7,9,12H,3,6,10H2. The second-order valence-corrected chi connectivity index (χ2v) is 5.65. The van der Waals surface area contributed by atoms with Crippen LogP contribution in [-0.2, 0) is 0 Å². The third-order valence-corrected chi connectivity index (χ3v) is 3.97. The van der Waals surface area contributed by atoms with Crippen LogP contribution in [0.15, 0.2) is 41.3 Å². The first-order valence-corrected chi connectivity index (χ1v) is 7.43. The predicted molar refractivity (Wildman–Crippen MR) is 82.1 cm³/mol. The zero-order chi connectivity index (χ0) is 14.7. The molecule has 0 N–H and O–H groups in total. The fourth-order valence-electron chi connectivity index (χ4n) is 2.33. The summed E-state index contributed by atoms with van der Waals surface area (Å²) in [6, 6.07) is 7.51. The maximum atomic E-state index is 8.95. The van der Waals surface area contributed by atoms with Crippen molar-refractivity contribution in [2.45, 2.75) is 12.5 Å².